The van der Waals surface area contributed by atoms with Gasteiger partial charge in [-0.3, -0.25) is 0 Å². The smallest absolute Gasteiger partial charge is 0.189 e. The third-order valence-electron chi connectivity index (χ3n) is 4.85. The van der Waals surface area contributed by atoms with Crippen molar-refractivity contribution in [3.8, 4) is 28.8 Å². The van der Waals surface area contributed by atoms with Gasteiger partial charge in [0.15, 0.2) is 22.5 Å². The van der Waals surface area contributed by atoms with E-state index in [9.17, 15) is 5.26 Å². The van der Waals surface area contributed by atoms with Crippen molar-refractivity contribution in [2.24, 2.45) is 0 Å². The third-order valence-corrected chi connectivity index (χ3v) is 5.40. The van der Waals surface area contributed by atoms with Crippen LogP contribution in [0.25, 0.3) is 11.3 Å². The molecule has 0 aliphatic heterocycles. The average molecular weight is 435 g/mol. The molecule has 0 fully saturated rings. The van der Waals surface area contributed by atoms with Gasteiger partial charge < -0.3 is 14.8 Å². The normalized spacial score (nSPS) is 11.0. The molecule has 1 N–H and O–H groups in total. The molecule has 0 aliphatic carbocycles. The number of nitriles is 1. The number of nitrogens with one attached hydrogen (secondary N) is 1. The molecule has 0 spiro atoms. The summed E-state index contributed by atoms with van der Waals surface area (Å²) in [7, 11) is 3.16. The molecule has 31 heavy (non-hydrogen) atoms. The molecule has 160 valence electrons. The topological polar surface area (TPSA) is 80.1 Å². The summed E-state index contributed by atoms with van der Waals surface area (Å²) in [5.74, 6) is 1.65. The van der Waals surface area contributed by atoms with Gasteiger partial charge in [-0.2, -0.15) is 5.26 Å². The van der Waals surface area contributed by atoms with E-state index >= 15 is 0 Å². The summed E-state index contributed by atoms with van der Waals surface area (Å²) in [6.45, 7) is 6.52. The van der Waals surface area contributed by atoms with Crippen molar-refractivity contribution < 1.29 is 9.47 Å². The van der Waals surface area contributed by atoms with Crippen LogP contribution in [0.2, 0.25) is 0 Å². The summed E-state index contributed by atoms with van der Waals surface area (Å²) >= 11 is 1.42. The van der Waals surface area contributed by atoms with E-state index in [0.717, 1.165) is 11.3 Å². The van der Waals surface area contributed by atoms with Crippen LogP contribution in [-0.2, 0) is 5.41 Å². The minimum atomic E-state index is 0.0673. The zero-order valence-electron chi connectivity index (χ0n) is 18.6. The fraction of sp³-hybridized carbons (Fsp3) is 0.292. The molecule has 0 aliphatic rings. The lowest BCUT2D eigenvalue weighted by atomic mass is 9.87. The highest BCUT2D eigenvalue weighted by molar-refractivity contribution is 7.98. The van der Waals surface area contributed by atoms with Crippen LogP contribution >= 0.6 is 11.8 Å². The molecule has 3 aromatic rings. The van der Waals surface area contributed by atoms with Crippen LogP contribution in [0.1, 0.15) is 31.9 Å². The van der Waals surface area contributed by atoms with Crippen LogP contribution in [0.4, 0.5) is 11.5 Å². The molecule has 2 aromatic carbocycles. The molecule has 1 heterocycles. The first-order valence-electron chi connectivity index (χ1n) is 9.76. The fourth-order valence-corrected chi connectivity index (χ4v) is 3.48. The number of aromatic nitrogens is 2. The van der Waals surface area contributed by atoms with Crippen molar-refractivity contribution in [3.63, 3.8) is 0 Å². The highest BCUT2D eigenvalue weighted by Crippen LogP contribution is 2.35. The largest absolute Gasteiger partial charge is 0.493 e. The molecule has 0 saturated carbocycles. The van der Waals surface area contributed by atoms with E-state index in [0.29, 0.717) is 33.7 Å². The maximum atomic E-state index is 9.95. The highest BCUT2D eigenvalue weighted by atomic mass is 32.2. The van der Waals surface area contributed by atoms with Crippen LogP contribution in [0.5, 0.6) is 11.5 Å². The molecule has 0 bridgehead atoms. The van der Waals surface area contributed by atoms with Crippen molar-refractivity contribution in [2.75, 3.05) is 25.8 Å². The minimum Gasteiger partial charge on any atom is -0.493 e. The molecule has 7 heteroatoms. The minimum absolute atomic E-state index is 0.0673. The number of nitrogens with zero attached hydrogens (tertiary/aromatic N) is 3. The second-order valence-electron chi connectivity index (χ2n) is 7.92. The van der Waals surface area contributed by atoms with E-state index in [2.05, 4.69) is 54.3 Å². The molecule has 0 amide bonds. The SMILES string of the molecule is COc1ccc(-c2nc(SC)nc(Nc3ccc(C(C)(C)C)cc3)c2C#N)cc1OC. The Bertz CT molecular complexity index is 1120. The number of rotatable bonds is 6. The van der Waals surface area contributed by atoms with Crippen molar-refractivity contribution in [2.45, 2.75) is 31.3 Å². The van der Waals surface area contributed by atoms with Crippen molar-refractivity contribution in [1.82, 2.24) is 9.97 Å². The standard InChI is InChI=1S/C24H26N4O2S/c1-24(2,3)16-8-10-17(11-9-16)26-22-18(14-25)21(27-23(28-22)31-6)15-7-12-19(29-4)20(13-15)30-5/h7-13H,1-6H3,(H,26,27,28). The van der Waals surface area contributed by atoms with Crippen molar-refractivity contribution >= 4 is 23.3 Å². The predicted molar refractivity (Wildman–Crippen MR) is 125 cm³/mol. The van der Waals surface area contributed by atoms with Gasteiger partial charge in [-0.15, -0.1) is 0 Å². The Balaban J connectivity index is 2.07. The number of methoxy groups -OCH3 is 2. The summed E-state index contributed by atoms with van der Waals surface area (Å²) in [6.07, 6.45) is 1.90. The second kappa shape index (κ2) is 9.27. The lowest BCUT2D eigenvalue weighted by molar-refractivity contribution is 0.355. The van der Waals surface area contributed by atoms with Crippen LogP contribution in [0.15, 0.2) is 47.6 Å². The van der Waals surface area contributed by atoms with Gasteiger partial charge in [-0.05, 0) is 47.6 Å². The lowest BCUT2D eigenvalue weighted by Crippen LogP contribution is -2.10. The van der Waals surface area contributed by atoms with Crippen LogP contribution in [0.3, 0.4) is 0 Å². The Morgan fingerprint density at radius 3 is 2.19 bits per heavy atom. The van der Waals surface area contributed by atoms with Gasteiger partial charge in [-0.1, -0.05) is 44.7 Å². The third kappa shape index (κ3) is 4.92. The summed E-state index contributed by atoms with van der Waals surface area (Å²) in [6, 6.07) is 15.9. The molecule has 0 atom stereocenters. The van der Waals surface area contributed by atoms with E-state index in [-0.39, 0.29) is 5.41 Å². The van der Waals surface area contributed by atoms with Crippen LogP contribution < -0.4 is 14.8 Å². The number of hydrogen-bond donors (Lipinski definition) is 1. The van der Waals surface area contributed by atoms with Gasteiger partial charge in [0.05, 0.1) is 19.9 Å². The zero-order chi connectivity index (χ0) is 22.6. The van der Waals surface area contributed by atoms with Gasteiger partial charge in [0.2, 0.25) is 0 Å². The summed E-state index contributed by atoms with van der Waals surface area (Å²) in [5, 5.41) is 13.8. The number of benzene rings is 2. The maximum Gasteiger partial charge on any atom is 0.189 e. The highest BCUT2D eigenvalue weighted by Gasteiger charge is 2.18. The molecule has 0 radical (unpaired) electrons. The summed E-state index contributed by atoms with van der Waals surface area (Å²) in [5.41, 5.74) is 3.81. The van der Waals surface area contributed by atoms with E-state index < -0.39 is 0 Å². The Labute approximate surface area is 187 Å². The molecule has 0 saturated heterocycles. The number of hydrogen-bond acceptors (Lipinski definition) is 7. The van der Waals surface area contributed by atoms with Gasteiger partial charge >= 0.3 is 0 Å². The molecule has 6 nitrogen and oxygen atoms in total. The van der Waals surface area contributed by atoms with E-state index in [1.165, 1.54) is 17.3 Å². The average Bonchev–Trinajstić information content (AvgIpc) is 2.77. The van der Waals surface area contributed by atoms with Gasteiger partial charge in [0.25, 0.3) is 0 Å². The van der Waals surface area contributed by atoms with Gasteiger partial charge in [0.1, 0.15) is 11.6 Å². The van der Waals surface area contributed by atoms with E-state index in [1.54, 1.807) is 20.3 Å². The zero-order valence-corrected chi connectivity index (χ0v) is 19.4. The Kier molecular flexibility index (Phi) is 6.71. The number of anilines is 2. The van der Waals surface area contributed by atoms with E-state index in [4.69, 9.17) is 9.47 Å². The van der Waals surface area contributed by atoms with Gasteiger partial charge in [0, 0.05) is 11.3 Å². The Hall–Kier alpha value is -3.24. The van der Waals surface area contributed by atoms with Crippen LogP contribution in [-0.4, -0.2) is 30.4 Å². The quantitative estimate of drug-likeness (QED) is 0.388. The predicted octanol–water partition coefficient (Wildman–Crippen LogP) is 5.80. The number of ether oxygens (including phenoxy) is 2. The molecule has 1 aromatic heterocycles. The Morgan fingerprint density at radius 2 is 1.65 bits per heavy atom. The monoisotopic (exact) mass is 434 g/mol. The first kappa shape index (κ1) is 22.4. The second-order valence-corrected chi connectivity index (χ2v) is 8.69. The first-order valence-corrected chi connectivity index (χ1v) is 11.0. The molecular formula is C24H26N4O2S. The first-order chi connectivity index (χ1) is 14.8. The van der Waals surface area contributed by atoms with Crippen molar-refractivity contribution in [3.05, 3.63) is 53.6 Å². The van der Waals surface area contributed by atoms with Gasteiger partial charge in [-0.25, -0.2) is 9.97 Å². The lowest BCUT2D eigenvalue weighted by Gasteiger charge is -2.19. The summed E-state index contributed by atoms with van der Waals surface area (Å²) in [4.78, 5) is 9.16. The van der Waals surface area contributed by atoms with E-state index in [1.807, 2.05) is 30.5 Å². The summed E-state index contributed by atoms with van der Waals surface area (Å²) < 4.78 is 10.7. The van der Waals surface area contributed by atoms with Crippen LogP contribution in [0, 0.1) is 11.3 Å². The van der Waals surface area contributed by atoms with Crippen molar-refractivity contribution in [1.29, 1.82) is 5.26 Å². The molecule has 0 unspecified atom stereocenters. The number of thioether (sulfide) groups is 1. The molecular weight excluding hydrogens is 408 g/mol. The molecule has 3 rings (SSSR count). The fourth-order valence-electron chi connectivity index (χ4n) is 3.11. The Morgan fingerprint density at radius 1 is 0.968 bits per heavy atom. The maximum absolute atomic E-state index is 9.95.